The summed E-state index contributed by atoms with van der Waals surface area (Å²) in [5, 5.41) is 15.6. The van der Waals surface area contributed by atoms with Crippen LogP contribution < -0.4 is 21.5 Å². The third-order valence-electron chi connectivity index (χ3n) is 8.10. The second-order valence-electron chi connectivity index (χ2n) is 11.7. The number of hydrogen-bond donors (Lipinski definition) is 4. The van der Waals surface area contributed by atoms with Gasteiger partial charge in [0.2, 0.25) is 0 Å². The number of terminal acetylenes is 1. The number of halogens is 1. The van der Waals surface area contributed by atoms with Crippen LogP contribution in [-0.4, -0.2) is 40.0 Å². The predicted molar refractivity (Wildman–Crippen MR) is 205 cm³/mol. The van der Waals surface area contributed by atoms with E-state index in [2.05, 4.69) is 93.2 Å². The van der Waals surface area contributed by atoms with Crippen molar-refractivity contribution >= 4 is 16.8 Å². The Labute approximate surface area is 294 Å². The summed E-state index contributed by atoms with van der Waals surface area (Å²) >= 11 is 0. The fourth-order valence-corrected chi connectivity index (χ4v) is 5.77. The first-order chi connectivity index (χ1) is 23.7. The fraction of sp³-hybridized carbons (Fsp3) is 0.450. The van der Waals surface area contributed by atoms with Crippen LogP contribution in [-0.2, 0) is 0 Å². The number of rotatable bonds is 10. The van der Waals surface area contributed by atoms with E-state index in [1.54, 1.807) is 6.04 Å². The van der Waals surface area contributed by atoms with E-state index in [4.69, 9.17) is 25.7 Å². The molecule has 0 radical (unpaired) electrons. The molecule has 3 aromatic rings. The maximum absolute atomic E-state index is 15.0. The van der Waals surface area contributed by atoms with Crippen LogP contribution in [0.3, 0.4) is 0 Å². The largest absolute Gasteiger partial charge is 0.490 e. The molecular weight excluding hydrogens is 615 g/mol. The molecule has 0 aromatic carbocycles. The highest BCUT2D eigenvalue weighted by atomic mass is 19.1. The SMILES string of the molecule is C#CN.C/C=C(/NCC(CCC)c1cc2c(c(C(=C(C)C)/C(F)=C\N)n1)OCC2C)c1cc(C)n2nc(C3CC3)cc2c1.C=C.CC.CO. The number of aryl methyl sites for hydroxylation is 1. The first kappa shape index (κ1) is 42.5. The fourth-order valence-electron chi connectivity index (χ4n) is 5.77. The summed E-state index contributed by atoms with van der Waals surface area (Å²) < 4.78 is 23.1. The Morgan fingerprint density at radius 2 is 1.86 bits per heavy atom. The number of hydrogen-bond acceptors (Lipinski definition) is 7. The summed E-state index contributed by atoms with van der Waals surface area (Å²) in [7, 11) is 1.00. The first-order valence-corrected chi connectivity index (χ1v) is 17.1. The van der Waals surface area contributed by atoms with E-state index in [0.29, 0.717) is 36.1 Å². The molecule has 0 saturated heterocycles. The number of pyridine rings is 2. The minimum absolute atomic E-state index is 0.140. The van der Waals surface area contributed by atoms with Crippen LogP contribution in [0.4, 0.5) is 4.39 Å². The Bertz CT molecular complexity index is 1620. The van der Waals surface area contributed by atoms with E-state index >= 15 is 4.39 Å². The smallest absolute Gasteiger partial charge is 0.149 e. The molecule has 4 heterocycles. The van der Waals surface area contributed by atoms with E-state index < -0.39 is 5.83 Å². The molecular formula is C40H59FN6O2. The number of aliphatic hydroxyl groups is 1. The second kappa shape index (κ2) is 21.4. The summed E-state index contributed by atoms with van der Waals surface area (Å²) in [6, 6.07) is 10.6. The van der Waals surface area contributed by atoms with E-state index in [1.807, 2.05) is 27.7 Å². The standard InChI is InChI=1S/C33H42FN5O.C2H3N.C2H6.C2H4.CH4O/c1-7-9-23(29-15-26-20(5)18-40-33(26)32(37-29)31(19(3)4)27(34)16-35)17-36-28(8-2)24-12-21(6)39-25(13-24)14-30(38-39)22-10-11-22;1-2-3;3*1-2/h8,12-16,20,22-23,36H,7,9-11,17-18,35H2,1-6H3;1H,3H2;1-2H3;1-2H2;2H,1H3/b27-16+,28-8+;;;;. The molecule has 1 fully saturated rings. The summed E-state index contributed by atoms with van der Waals surface area (Å²) in [5.74, 6) is 1.17. The molecule has 8 nitrogen and oxygen atoms in total. The molecule has 6 N–H and O–H groups in total. The maximum atomic E-state index is 15.0. The van der Waals surface area contributed by atoms with Gasteiger partial charge in [-0.05, 0) is 77.3 Å². The topological polar surface area (TPSA) is 124 Å². The Balaban J connectivity index is 0.00000122. The first-order valence-electron chi connectivity index (χ1n) is 17.1. The van der Waals surface area contributed by atoms with E-state index in [0.717, 1.165) is 65.5 Å². The van der Waals surface area contributed by atoms with Gasteiger partial charge in [-0.1, -0.05) is 52.2 Å². The summed E-state index contributed by atoms with van der Waals surface area (Å²) in [6.45, 7) is 23.6. The van der Waals surface area contributed by atoms with E-state index in [-0.39, 0.29) is 11.8 Å². The number of nitrogens with one attached hydrogen (secondary N) is 1. The minimum atomic E-state index is -0.480. The third-order valence-corrected chi connectivity index (χ3v) is 8.10. The zero-order valence-corrected chi connectivity index (χ0v) is 31.2. The zero-order chi connectivity index (χ0) is 37.3. The highest BCUT2D eigenvalue weighted by Crippen LogP contribution is 2.43. The number of allylic oxidation sites excluding steroid dienone is 4. The van der Waals surface area contributed by atoms with Crippen molar-refractivity contribution in [2.75, 3.05) is 20.3 Å². The molecule has 1 aliphatic carbocycles. The van der Waals surface area contributed by atoms with Crippen molar-refractivity contribution in [1.82, 2.24) is 19.9 Å². The van der Waals surface area contributed by atoms with Crippen LogP contribution in [0.5, 0.6) is 5.75 Å². The number of nitrogens with zero attached hydrogens (tertiary/aromatic N) is 3. The van der Waals surface area contributed by atoms with Crippen LogP contribution in [0.2, 0.25) is 0 Å². The highest BCUT2D eigenvalue weighted by molar-refractivity contribution is 5.81. The summed E-state index contributed by atoms with van der Waals surface area (Å²) in [5.41, 5.74) is 19.5. The van der Waals surface area contributed by atoms with E-state index in [9.17, 15) is 0 Å². The molecule has 49 heavy (non-hydrogen) atoms. The molecule has 5 rings (SSSR count). The van der Waals surface area contributed by atoms with Crippen LogP contribution in [0, 0.1) is 19.4 Å². The molecule has 0 spiro atoms. The lowest BCUT2D eigenvalue weighted by atomic mass is 9.92. The van der Waals surface area contributed by atoms with Gasteiger partial charge in [0.25, 0.3) is 0 Å². The van der Waals surface area contributed by atoms with Gasteiger partial charge in [0.1, 0.15) is 17.3 Å². The number of ether oxygens (including phenoxy) is 1. The zero-order valence-electron chi connectivity index (χ0n) is 31.2. The molecule has 0 amide bonds. The lowest BCUT2D eigenvalue weighted by molar-refractivity contribution is 0.335. The molecule has 9 heteroatoms. The Morgan fingerprint density at radius 1 is 1.22 bits per heavy atom. The molecule has 0 bridgehead atoms. The van der Waals surface area contributed by atoms with E-state index in [1.165, 1.54) is 18.5 Å². The number of nitrogens with two attached hydrogens (primary N) is 2. The quantitative estimate of drug-likeness (QED) is 0.0736. The second-order valence-corrected chi connectivity index (χ2v) is 11.7. The van der Waals surface area contributed by atoms with Gasteiger partial charge in [0.05, 0.1) is 17.8 Å². The van der Waals surface area contributed by atoms with Crippen molar-refractivity contribution in [2.24, 2.45) is 11.5 Å². The molecule has 2 atom stereocenters. The van der Waals surface area contributed by atoms with Crippen molar-refractivity contribution in [1.29, 1.82) is 0 Å². The summed E-state index contributed by atoms with van der Waals surface area (Å²) in [4.78, 5) is 5.05. The van der Waals surface area contributed by atoms with Crippen molar-refractivity contribution in [2.45, 2.75) is 98.8 Å². The Hall–Kier alpha value is -4.55. The van der Waals surface area contributed by atoms with Gasteiger partial charge in [-0.15, -0.1) is 13.2 Å². The average molecular weight is 675 g/mol. The minimum Gasteiger partial charge on any atom is -0.490 e. The maximum Gasteiger partial charge on any atom is 0.149 e. The van der Waals surface area contributed by atoms with Crippen molar-refractivity contribution < 1.29 is 14.2 Å². The monoisotopic (exact) mass is 674 g/mol. The number of fused-ring (bicyclic) bond motifs is 2. The lowest BCUT2D eigenvalue weighted by Crippen LogP contribution is -2.22. The van der Waals surface area contributed by atoms with Crippen LogP contribution >= 0.6 is 0 Å². The van der Waals surface area contributed by atoms with Crippen LogP contribution in [0.1, 0.15) is 126 Å². The average Bonchev–Trinajstić information content (AvgIpc) is 3.77. The van der Waals surface area contributed by atoms with Crippen molar-refractivity contribution in [3.8, 4) is 18.2 Å². The molecule has 2 aliphatic rings. The van der Waals surface area contributed by atoms with Gasteiger partial charge in [-0.25, -0.2) is 13.9 Å². The number of aliphatic hydroxyl groups excluding tert-OH is 1. The van der Waals surface area contributed by atoms with Crippen molar-refractivity contribution in [3.05, 3.63) is 95.0 Å². The molecule has 2 unspecified atom stereocenters. The van der Waals surface area contributed by atoms with Gasteiger partial charge in [0.15, 0.2) is 0 Å². The van der Waals surface area contributed by atoms with Crippen molar-refractivity contribution in [3.63, 3.8) is 0 Å². The molecule has 1 aliphatic heterocycles. The lowest BCUT2D eigenvalue weighted by Gasteiger charge is -2.22. The molecule has 3 aromatic heterocycles. The molecule has 268 valence electrons. The van der Waals surface area contributed by atoms with Crippen LogP contribution in [0.25, 0.3) is 16.8 Å². The van der Waals surface area contributed by atoms with Gasteiger partial charge in [0, 0.05) is 71.4 Å². The summed E-state index contributed by atoms with van der Waals surface area (Å²) in [6.07, 6.45) is 12.0. The van der Waals surface area contributed by atoms with Gasteiger partial charge >= 0.3 is 0 Å². The third kappa shape index (κ3) is 10.7. The van der Waals surface area contributed by atoms with Crippen LogP contribution in [0.15, 0.2) is 61.1 Å². The van der Waals surface area contributed by atoms with Gasteiger partial charge in [-0.2, -0.15) is 5.10 Å². The predicted octanol–water partition coefficient (Wildman–Crippen LogP) is 8.48. The highest BCUT2D eigenvalue weighted by Gasteiger charge is 2.30. The Kier molecular flexibility index (Phi) is 18.6. The normalized spacial score (nSPS) is 15.2. The molecule has 1 saturated carbocycles. The number of aromatic nitrogens is 3. The Morgan fingerprint density at radius 3 is 2.39 bits per heavy atom. The van der Waals surface area contributed by atoms with Gasteiger partial charge < -0.3 is 26.6 Å². The van der Waals surface area contributed by atoms with Gasteiger partial charge in [-0.3, -0.25) is 0 Å².